The van der Waals surface area contributed by atoms with Gasteiger partial charge in [-0.05, 0) is 6.42 Å². The van der Waals surface area contributed by atoms with E-state index in [1.807, 2.05) is 5.59 Å². The molecular formula is C13H28N2O6. The molecule has 126 valence electrons. The number of ether oxygens (including phenoxy) is 4. The number of carbonyl (C=O) groups excluding carboxylic acids is 1. The van der Waals surface area contributed by atoms with Crippen LogP contribution in [-0.2, 0) is 28.6 Å². The van der Waals surface area contributed by atoms with E-state index in [1.54, 1.807) is 0 Å². The molecule has 0 aromatic carbocycles. The van der Waals surface area contributed by atoms with Crippen LogP contribution in [0, 0.1) is 0 Å². The second-order valence-electron chi connectivity index (χ2n) is 4.14. The fraction of sp³-hybridized carbons (Fsp3) is 0.923. The maximum atomic E-state index is 10.9. The fourth-order valence-electron chi connectivity index (χ4n) is 1.28. The minimum atomic E-state index is -0.465. The van der Waals surface area contributed by atoms with E-state index in [-0.39, 0.29) is 13.0 Å². The van der Waals surface area contributed by atoms with Crippen molar-refractivity contribution in [3.63, 3.8) is 0 Å². The van der Waals surface area contributed by atoms with E-state index in [0.717, 1.165) is 19.4 Å². The molecule has 0 heterocycles. The Morgan fingerprint density at radius 2 is 1.33 bits per heavy atom. The van der Waals surface area contributed by atoms with Gasteiger partial charge in [-0.25, -0.2) is 5.84 Å². The van der Waals surface area contributed by atoms with Crippen molar-refractivity contribution in [1.82, 2.24) is 5.59 Å². The van der Waals surface area contributed by atoms with Crippen LogP contribution in [0.4, 0.5) is 0 Å². The van der Waals surface area contributed by atoms with Gasteiger partial charge in [-0.15, -0.1) is 0 Å². The Labute approximate surface area is 126 Å². The summed E-state index contributed by atoms with van der Waals surface area (Å²) in [6.07, 6.45) is 2.37. The minimum absolute atomic E-state index is 0.144. The van der Waals surface area contributed by atoms with Gasteiger partial charge < -0.3 is 23.8 Å². The van der Waals surface area contributed by atoms with Crippen LogP contribution >= 0.6 is 0 Å². The van der Waals surface area contributed by atoms with Gasteiger partial charge in [-0.1, -0.05) is 18.9 Å². The maximum Gasteiger partial charge on any atom is 0.328 e. The summed E-state index contributed by atoms with van der Waals surface area (Å²) in [6, 6.07) is 0. The normalized spacial score (nSPS) is 10.8. The van der Waals surface area contributed by atoms with Gasteiger partial charge in [-0.2, -0.15) is 0 Å². The third-order valence-electron chi connectivity index (χ3n) is 2.38. The highest BCUT2D eigenvalue weighted by atomic mass is 16.7. The molecule has 0 saturated carbocycles. The summed E-state index contributed by atoms with van der Waals surface area (Å²) < 4.78 is 21.1. The molecule has 0 aliphatic rings. The van der Waals surface area contributed by atoms with Crippen molar-refractivity contribution < 1.29 is 28.6 Å². The number of carbonyl (C=O) groups is 1. The number of rotatable bonds is 16. The molecule has 0 spiro atoms. The van der Waals surface area contributed by atoms with E-state index in [2.05, 4.69) is 11.8 Å². The Morgan fingerprint density at radius 3 is 1.81 bits per heavy atom. The number of hydrazine groups is 1. The van der Waals surface area contributed by atoms with E-state index in [1.165, 1.54) is 0 Å². The molecule has 0 aliphatic heterocycles. The monoisotopic (exact) mass is 308 g/mol. The molecule has 0 atom stereocenters. The summed E-state index contributed by atoms with van der Waals surface area (Å²) in [4.78, 5) is 15.2. The lowest BCUT2D eigenvalue weighted by molar-refractivity contribution is -0.152. The zero-order valence-electron chi connectivity index (χ0n) is 12.8. The molecule has 0 fully saturated rings. The van der Waals surface area contributed by atoms with E-state index in [4.69, 9.17) is 24.8 Å². The van der Waals surface area contributed by atoms with Crippen LogP contribution in [0.15, 0.2) is 0 Å². The largest absolute Gasteiger partial charge is 0.379 e. The second kappa shape index (κ2) is 17.3. The molecule has 0 unspecified atom stereocenters. The Kier molecular flexibility index (Phi) is 16.6. The number of hydrogen-bond donors (Lipinski definition) is 2. The van der Waals surface area contributed by atoms with Crippen molar-refractivity contribution in [3.05, 3.63) is 0 Å². The number of hydrogen-bond acceptors (Lipinski definition) is 8. The lowest BCUT2D eigenvalue weighted by Gasteiger charge is -2.07. The van der Waals surface area contributed by atoms with Crippen molar-refractivity contribution in [2.45, 2.75) is 26.2 Å². The first kappa shape index (κ1) is 20.2. The topological polar surface area (TPSA) is 101 Å². The van der Waals surface area contributed by atoms with Crippen LogP contribution in [0.2, 0.25) is 0 Å². The standard InChI is InChI=1S/C13H28N2O6/c1-2-3-5-17-7-9-19-11-12-20-10-8-18-6-4-13(16)21-15-14/h15H,2-12,14H2,1H3. The van der Waals surface area contributed by atoms with Gasteiger partial charge in [0.05, 0.1) is 52.7 Å². The average Bonchev–Trinajstić information content (AvgIpc) is 2.48. The van der Waals surface area contributed by atoms with Gasteiger partial charge in [0.2, 0.25) is 0 Å². The van der Waals surface area contributed by atoms with Crippen molar-refractivity contribution in [2.75, 3.05) is 52.9 Å². The molecule has 0 aromatic rings. The van der Waals surface area contributed by atoms with E-state index < -0.39 is 5.97 Å². The summed E-state index contributed by atoms with van der Waals surface area (Å²) in [7, 11) is 0. The van der Waals surface area contributed by atoms with Gasteiger partial charge in [0.25, 0.3) is 0 Å². The number of nitrogens with two attached hydrogens (primary N) is 1. The van der Waals surface area contributed by atoms with Crippen molar-refractivity contribution in [1.29, 1.82) is 0 Å². The van der Waals surface area contributed by atoms with Gasteiger partial charge in [0.1, 0.15) is 0 Å². The SMILES string of the molecule is CCCCOCCOCCOCCOCCC(=O)ONN. The highest BCUT2D eigenvalue weighted by molar-refractivity contribution is 5.69. The van der Waals surface area contributed by atoms with Gasteiger partial charge in [0.15, 0.2) is 0 Å². The van der Waals surface area contributed by atoms with E-state index in [9.17, 15) is 4.79 Å². The predicted octanol–water partition coefficient (Wildman–Crippen LogP) is 0.165. The Morgan fingerprint density at radius 1 is 0.857 bits per heavy atom. The highest BCUT2D eigenvalue weighted by Crippen LogP contribution is 1.89. The molecule has 0 bridgehead atoms. The third kappa shape index (κ3) is 17.2. The second-order valence-corrected chi connectivity index (χ2v) is 4.14. The summed E-state index contributed by atoms with van der Waals surface area (Å²) in [5.74, 6) is 4.34. The molecular weight excluding hydrogens is 280 g/mol. The zero-order valence-corrected chi connectivity index (χ0v) is 12.8. The molecule has 21 heavy (non-hydrogen) atoms. The fourth-order valence-corrected chi connectivity index (χ4v) is 1.28. The molecule has 8 heteroatoms. The summed E-state index contributed by atoms with van der Waals surface area (Å²) in [6.45, 7) is 6.33. The van der Waals surface area contributed by atoms with Crippen molar-refractivity contribution in [2.24, 2.45) is 5.84 Å². The van der Waals surface area contributed by atoms with Crippen LogP contribution in [0.5, 0.6) is 0 Å². The quantitative estimate of drug-likeness (QED) is 0.236. The zero-order chi connectivity index (χ0) is 15.6. The average molecular weight is 308 g/mol. The summed E-state index contributed by atoms with van der Waals surface area (Å²) >= 11 is 0. The number of unbranched alkanes of at least 4 members (excludes halogenated alkanes) is 1. The Bertz CT molecular complexity index is 231. The Hall–Kier alpha value is -0.770. The lowest BCUT2D eigenvalue weighted by atomic mass is 10.4. The third-order valence-corrected chi connectivity index (χ3v) is 2.38. The molecule has 0 aliphatic carbocycles. The maximum absolute atomic E-state index is 10.9. The van der Waals surface area contributed by atoms with Crippen LogP contribution < -0.4 is 11.4 Å². The van der Waals surface area contributed by atoms with E-state index in [0.29, 0.717) is 39.6 Å². The molecule has 0 rings (SSSR count). The molecule has 0 radical (unpaired) electrons. The van der Waals surface area contributed by atoms with Crippen molar-refractivity contribution >= 4 is 5.97 Å². The van der Waals surface area contributed by atoms with Gasteiger partial charge in [0, 0.05) is 6.61 Å². The smallest absolute Gasteiger partial charge is 0.328 e. The van der Waals surface area contributed by atoms with Gasteiger partial charge in [-0.3, -0.25) is 4.79 Å². The lowest BCUT2D eigenvalue weighted by Crippen LogP contribution is -2.26. The molecule has 3 N–H and O–H groups in total. The first-order valence-corrected chi connectivity index (χ1v) is 7.27. The van der Waals surface area contributed by atoms with Crippen LogP contribution in [0.1, 0.15) is 26.2 Å². The molecule has 0 aromatic heterocycles. The minimum Gasteiger partial charge on any atom is -0.379 e. The van der Waals surface area contributed by atoms with E-state index >= 15 is 0 Å². The highest BCUT2D eigenvalue weighted by Gasteiger charge is 2.01. The first-order valence-electron chi connectivity index (χ1n) is 7.27. The summed E-state index contributed by atoms with van der Waals surface area (Å²) in [5, 5.41) is 0. The van der Waals surface area contributed by atoms with Crippen LogP contribution in [-0.4, -0.2) is 58.8 Å². The molecule has 0 saturated heterocycles. The van der Waals surface area contributed by atoms with Crippen molar-refractivity contribution in [3.8, 4) is 0 Å². The predicted molar refractivity (Wildman–Crippen MR) is 76.2 cm³/mol. The summed E-state index contributed by atoms with van der Waals surface area (Å²) in [5.41, 5.74) is 1.81. The van der Waals surface area contributed by atoms with Crippen LogP contribution in [0.25, 0.3) is 0 Å². The first-order chi connectivity index (χ1) is 10.3. The van der Waals surface area contributed by atoms with Crippen LogP contribution in [0.3, 0.4) is 0 Å². The number of nitrogens with one attached hydrogen (secondary N) is 1. The molecule has 0 amide bonds. The molecule has 8 nitrogen and oxygen atoms in total. The Balaban J connectivity index is 3.01. The van der Waals surface area contributed by atoms with Gasteiger partial charge >= 0.3 is 5.97 Å².